The van der Waals surface area contributed by atoms with Crippen molar-refractivity contribution in [2.75, 3.05) is 12.3 Å². The highest BCUT2D eigenvalue weighted by Crippen LogP contribution is 2.30. The molecule has 0 fully saturated rings. The second-order valence-corrected chi connectivity index (χ2v) is 7.20. The first-order chi connectivity index (χ1) is 16.3. The number of hydrogen-bond donors (Lipinski definition) is 3. The Morgan fingerprint density at radius 3 is 2.56 bits per heavy atom. The summed E-state index contributed by atoms with van der Waals surface area (Å²) in [4.78, 5) is 37.4. The number of benzene rings is 1. The number of pyridine rings is 1. The van der Waals surface area contributed by atoms with Crippen LogP contribution in [-0.2, 0) is 7.05 Å². The Morgan fingerprint density at radius 2 is 1.94 bits per heavy atom. The Bertz CT molecular complexity index is 1400. The van der Waals surface area contributed by atoms with E-state index in [9.17, 15) is 23.5 Å². The van der Waals surface area contributed by atoms with Gasteiger partial charge in [-0.15, -0.1) is 0 Å². The molecule has 0 aliphatic rings. The maximum atomic E-state index is 14.2. The van der Waals surface area contributed by atoms with Gasteiger partial charge in [0, 0.05) is 30.4 Å². The number of aliphatic hydroxyl groups excluding tert-OH is 1. The number of carbonyl (C=O) groups is 1. The largest absolute Gasteiger partial charge is 0.443 e. The van der Waals surface area contributed by atoms with Gasteiger partial charge in [0.05, 0.1) is 18.8 Å². The number of amides is 1. The van der Waals surface area contributed by atoms with Crippen LogP contribution in [0.5, 0.6) is 0 Å². The van der Waals surface area contributed by atoms with Crippen LogP contribution in [0.2, 0.25) is 0 Å². The van der Waals surface area contributed by atoms with Crippen molar-refractivity contribution in [1.82, 2.24) is 24.8 Å². The monoisotopic (exact) mass is 468 g/mol. The fourth-order valence-corrected chi connectivity index (χ4v) is 3.32. The van der Waals surface area contributed by atoms with Crippen molar-refractivity contribution in [3.63, 3.8) is 0 Å². The lowest BCUT2D eigenvalue weighted by molar-refractivity contribution is 0.0909. The van der Waals surface area contributed by atoms with E-state index in [2.05, 4.69) is 20.3 Å². The summed E-state index contributed by atoms with van der Waals surface area (Å²) in [6.45, 7) is -0.793. The number of nitrogens with one attached hydrogen (secondary N) is 1. The SMILES string of the molecule is Cn1cc(-c2nc(C(=O)NC(CO)c3c(F)cccc3F)c(N)nc2-c2ncco2)ccc1=O. The summed E-state index contributed by atoms with van der Waals surface area (Å²) in [5.74, 6) is -3.06. The molecule has 0 saturated carbocycles. The van der Waals surface area contributed by atoms with E-state index >= 15 is 0 Å². The number of nitrogens with two attached hydrogens (primary N) is 1. The van der Waals surface area contributed by atoms with E-state index < -0.39 is 35.8 Å². The molecule has 0 saturated heterocycles. The maximum absolute atomic E-state index is 14.2. The summed E-state index contributed by atoms with van der Waals surface area (Å²) in [5.41, 5.74) is 5.44. The number of nitrogens with zero attached hydrogens (tertiary/aromatic N) is 4. The summed E-state index contributed by atoms with van der Waals surface area (Å²) >= 11 is 0. The van der Waals surface area contributed by atoms with Gasteiger partial charge < -0.3 is 25.1 Å². The lowest BCUT2D eigenvalue weighted by Crippen LogP contribution is -2.33. The Morgan fingerprint density at radius 1 is 1.21 bits per heavy atom. The molecule has 0 radical (unpaired) electrons. The third-order valence-electron chi connectivity index (χ3n) is 4.97. The van der Waals surface area contributed by atoms with Gasteiger partial charge in [0.1, 0.15) is 23.6 Å². The predicted molar refractivity (Wildman–Crippen MR) is 116 cm³/mol. The molecule has 1 aromatic carbocycles. The second kappa shape index (κ2) is 9.19. The van der Waals surface area contributed by atoms with Crippen molar-refractivity contribution >= 4 is 11.7 Å². The van der Waals surface area contributed by atoms with Crippen LogP contribution in [0.15, 0.2) is 58.2 Å². The Balaban J connectivity index is 1.79. The molecule has 4 rings (SSSR count). The van der Waals surface area contributed by atoms with E-state index in [1.165, 1.54) is 42.4 Å². The number of aliphatic hydroxyl groups is 1. The number of aryl methyl sites for hydroxylation is 1. The summed E-state index contributed by atoms with van der Waals surface area (Å²) in [6, 6.07) is 4.53. The minimum absolute atomic E-state index is 0.0664. The standard InChI is InChI=1S/C22H18F2N6O4/c1-30-9-11(5-6-15(30)32)17-18(22-26-7-8-34-22)29-20(25)19(28-17)21(33)27-14(10-31)16-12(23)3-2-4-13(16)24/h2-9,14,31H,10H2,1H3,(H2,25,29)(H,27,33). The molecule has 3 heterocycles. The van der Waals surface area contributed by atoms with Gasteiger partial charge in [-0.1, -0.05) is 6.07 Å². The molecular formula is C22H18F2N6O4. The van der Waals surface area contributed by atoms with E-state index in [0.717, 1.165) is 18.2 Å². The van der Waals surface area contributed by atoms with Crippen LogP contribution in [0.25, 0.3) is 22.8 Å². The number of carbonyl (C=O) groups excluding carboxylic acids is 1. The zero-order valence-corrected chi connectivity index (χ0v) is 17.7. The van der Waals surface area contributed by atoms with Crippen LogP contribution >= 0.6 is 0 Å². The van der Waals surface area contributed by atoms with Crippen molar-refractivity contribution in [3.8, 4) is 22.8 Å². The Kier molecular flexibility index (Phi) is 6.15. The third kappa shape index (κ3) is 4.26. The number of anilines is 1. The van der Waals surface area contributed by atoms with Gasteiger partial charge in [-0.05, 0) is 18.2 Å². The van der Waals surface area contributed by atoms with Crippen LogP contribution in [0.4, 0.5) is 14.6 Å². The number of rotatable bonds is 6. The van der Waals surface area contributed by atoms with E-state index in [1.807, 2.05) is 0 Å². The Labute approximate surface area is 190 Å². The highest BCUT2D eigenvalue weighted by Gasteiger charge is 2.26. The molecule has 0 aliphatic heterocycles. The first-order valence-electron chi connectivity index (χ1n) is 9.90. The number of aromatic nitrogens is 4. The van der Waals surface area contributed by atoms with Gasteiger partial charge in [-0.3, -0.25) is 9.59 Å². The Hall–Kier alpha value is -4.45. The zero-order valence-electron chi connectivity index (χ0n) is 17.7. The molecule has 1 amide bonds. The smallest absolute Gasteiger partial charge is 0.274 e. The molecule has 3 aromatic heterocycles. The summed E-state index contributed by atoms with van der Waals surface area (Å²) in [6.07, 6.45) is 4.17. The lowest BCUT2D eigenvalue weighted by Gasteiger charge is -2.19. The lowest BCUT2D eigenvalue weighted by atomic mass is 10.1. The van der Waals surface area contributed by atoms with Gasteiger partial charge >= 0.3 is 0 Å². The quantitative estimate of drug-likeness (QED) is 0.388. The van der Waals surface area contributed by atoms with Crippen LogP contribution in [0, 0.1) is 11.6 Å². The van der Waals surface area contributed by atoms with E-state index in [0.29, 0.717) is 5.56 Å². The molecule has 10 nitrogen and oxygen atoms in total. The van der Waals surface area contributed by atoms with Crippen molar-refractivity contribution in [2.24, 2.45) is 7.05 Å². The van der Waals surface area contributed by atoms with Gasteiger partial charge in [-0.25, -0.2) is 23.7 Å². The molecular weight excluding hydrogens is 450 g/mol. The van der Waals surface area contributed by atoms with E-state index in [-0.39, 0.29) is 34.3 Å². The van der Waals surface area contributed by atoms with Crippen LogP contribution < -0.4 is 16.6 Å². The summed E-state index contributed by atoms with van der Waals surface area (Å²) < 4.78 is 35.0. The topological polar surface area (TPSA) is 149 Å². The van der Waals surface area contributed by atoms with E-state index in [4.69, 9.17) is 10.2 Å². The van der Waals surface area contributed by atoms with Crippen molar-refractivity contribution in [2.45, 2.75) is 6.04 Å². The van der Waals surface area contributed by atoms with Gasteiger partial charge in [-0.2, -0.15) is 0 Å². The minimum atomic E-state index is -1.41. The molecule has 34 heavy (non-hydrogen) atoms. The molecule has 12 heteroatoms. The van der Waals surface area contributed by atoms with Crippen molar-refractivity contribution in [1.29, 1.82) is 0 Å². The highest BCUT2D eigenvalue weighted by molar-refractivity contribution is 5.98. The molecule has 4 aromatic rings. The molecule has 0 bridgehead atoms. The van der Waals surface area contributed by atoms with Crippen molar-refractivity contribution in [3.05, 3.63) is 82.2 Å². The average molecular weight is 468 g/mol. The van der Waals surface area contributed by atoms with Gasteiger partial charge in [0.25, 0.3) is 5.91 Å². The fourth-order valence-electron chi connectivity index (χ4n) is 3.32. The highest BCUT2D eigenvalue weighted by atomic mass is 19.1. The van der Waals surface area contributed by atoms with E-state index in [1.54, 1.807) is 0 Å². The molecule has 174 valence electrons. The second-order valence-electron chi connectivity index (χ2n) is 7.20. The molecule has 1 atom stereocenters. The minimum Gasteiger partial charge on any atom is -0.443 e. The van der Waals surface area contributed by atoms with Crippen LogP contribution in [-0.4, -0.2) is 37.1 Å². The molecule has 0 aliphatic carbocycles. The summed E-state index contributed by atoms with van der Waals surface area (Å²) in [5, 5.41) is 12.0. The predicted octanol–water partition coefficient (Wildman–Crippen LogP) is 1.82. The first kappa shape index (κ1) is 22.7. The molecule has 4 N–H and O–H groups in total. The first-order valence-corrected chi connectivity index (χ1v) is 9.90. The average Bonchev–Trinajstić information content (AvgIpc) is 3.34. The van der Waals surface area contributed by atoms with Crippen LogP contribution in [0.3, 0.4) is 0 Å². The number of hydrogen-bond acceptors (Lipinski definition) is 8. The number of halogens is 2. The normalized spacial score (nSPS) is 11.9. The van der Waals surface area contributed by atoms with Crippen LogP contribution in [0.1, 0.15) is 22.1 Å². The fraction of sp³-hybridized carbons (Fsp3) is 0.136. The maximum Gasteiger partial charge on any atom is 0.274 e. The number of oxazole rings is 1. The summed E-state index contributed by atoms with van der Waals surface area (Å²) in [7, 11) is 1.53. The third-order valence-corrected chi connectivity index (χ3v) is 4.97. The van der Waals surface area contributed by atoms with Gasteiger partial charge in [0.2, 0.25) is 11.4 Å². The number of nitrogen functional groups attached to an aromatic ring is 1. The molecule has 0 spiro atoms. The molecule has 1 unspecified atom stereocenters. The van der Waals surface area contributed by atoms with Crippen molar-refractivity contribution < 1.29 is 23.1 Å². The zero-order chi connectivity index (χ0) is 24.4. The van der Waals surface area contributed by atoms with Gasteiger partial charge in [0.15, 0.2) is 17.2 Å².